The van der Waals surface area contributed by atoms with Crippen LogP contribution in [0.25, 0.3) is 0 Å². The third kappa shape index (κ3) is 7.96. The topological polar surface area (TPSA) is 54.7 Å². The molecule has 0 bridgehead atoms. The highest BCUT2D eigenvalue weighted by Gasteiger charge is 2.05. The van der Waals surface area contributed by atoms with Crippen LogP contribution in [-0.2, 0) is 6.54 Å². The van der Waals surface area contributed by atoms with Crippen LogP contribution < -0.4 is 10.1 Å². The first-order chi connectivity index (χ1) is 11.7. The molecule has 0 aliphatic carbocycles. The Balaban J connectivity index is 0.00000312. The molecule has 1 heterocycles. The largest absolute Gasteiger partial charge is 0.492 e. The van der Waals surface area contributed by atoms with E-state index in [0.717, 1.165) is 37.8 Å². The Morgan fingerprint density at radius 1 is 1.36 bits per heavy atom. The zero-order valence-electron chi connectivity index (χ0n) is 14.6. The number of hydrogen-bond donors (Lipinski definition) is 1. The predicted molar refractivity (Wildman–Crippen MR) is 113 cm³/mol. The Kier molecular flexibility index (Phi) is 10.3. The van der Waals surface area contributed by atoms with Gasteiger partial charge < -0.3 is 15.0 Å². The lowest BCUT2D eigenvalue weighted by Gasteiger charge is -2.22. The van der Waals surface area contributed by atoms with Gasteiger partial charge in [-0.05, 0) is 36.8 Å². The van der Waals surface area contributed by atoms with Crippen LogP contribution in [0.5, 0.6) is 5.75 Å². The van der Waals surface area contributed by atoms with Gasteiger partial charge in [0.15, 0.2) is 5.96 Å². The molecular formula is C17H25ClIN5O. The van der Waals surface area contributed by atoms with E-state index in [0.29, 0.717) is 11.6 Å². The maximum atomic E-state index is 5.86. The molecule has 1 aromatic carbocycles. The molecule has 0 radical (unpaired) electrons. The SMILES string of the molecule is CN=C(NCCCn1cccn1)N(C)CCOc1ccc(Cl)cc1.I. The van der Waals surface area contributed by atoms with Gasteiger partial charge in [-0.3, -0.25) is 9.67 Å². The van der Waals surface area contributed by atoms with Crippen molar-refractivity contribution in [1.82, 2.24) is 20.0 Å². The standard InChI is InChI=1S/C17H24ClN5O.HI/c1-19-17(20-9-3-11-23-12-4-10-21-23)22(2)13-14-24-16-7-5-15(18)6-8-16;/h4-8,10,12H,3,9,11,13-14H2,1-2H3,(H,19,20);1H. The number of benzene rings is 1. The number of halogens is 2. The van der Waals surface area contributed by atoms with E-state index in [1.165, 1.54) is 0 Å². The summed E-state index contributed by atoms with van der Waals surface area (Å²) in [5.41, 5.74) is 0. The highest BCUT2D eigenvalue weighted by Crippen LogP contribution is 2.15. The average molecular weight is 478 g/mol. The summed E-state index contributed by atoms with van der Waals surface area (Å²) < 4.78 is 7.63. The van der Waals surface area contributed by atoms with Crippen LogP contribution in [0.15, 0.2) is 47.7 Å². The summed E-state index contributed by atoms with van der Waals surface area (Å²) in [6, 6.07) is 9.30. The normalized spacial score (nSPS) is 10.9. The number of nitrogens with one attached hydrogen (secondary N) is 1. The smallest absolute Gasteiger partial charge is 0.193 e. The summed E-state index contributed by atoms with van der Waals surface area (Å²) in [6.07, 6.45) is 4.74. The lowest BCUT2D eigenvalue weighted by Crippen LogP contribution is -2.41. The number of nitrogens with zero attached hydrogens (tertiary/aromatic N) is 4. The van der Waals surface area contributed by atoms with Gasteiger partial charge in [0.05, 0.1) is 6.54 Å². The van der Waals surface area contributed by atoms with Crippen LogP contribution in [0.3, 0.4) is 0 Å². The van der Waals surface area contributed by atoms with Crippen LogP contribution >= 0.6 is 35.6 Å². The minimum Gasteiger partial charge on any atom is -0.492 e. The van der Waals surface area contributed by atoms with Gasteiger partial charge in [-0.2, -0.15) is 5.10 Å². The second kappa shape index (κ2) is 12.0. The van der Waals surface area contributed by atoms with Crippen molar-refractivity contribution in [3.63, 3.8) is 0 Å². The third-order valence-electron chi connectivity index (χ3n) is 3.49. The molecule has 0 aliphatic heterocycles. The third-order valence-corrected chi connectivity index (χ3v) is 3.74. The van der Waals surface area contributed by atoms with E-state index in [9.17, 15) is 0 Å². The molecule has 8 heteroatoms. The summed E-state index contributed by atoms with van der Waals surface area (Å²) in [5.74, 6) is 1.67. The molecule has 138 valence electrons. The molecule has 0 fully saturated rings. The molecule has 0 atom stereocenters. The van der Waals surface area contributed by atoms with Gasteiger partial charge in [-0.25, -0.2) is 0 Å². The maximum Gasteiger partial charge on any atom is 0.193 e. The molecule has 0 aliphatic rings. The van der Waals surface area contributed by atoms with Crippen molar-refractivity contribution in [3.8, 4) is 5.75 Å². The molecule has 0 amide bonds. The number of aromatic nitrogens is 2. The lowest BCUT2D eigenvalue weighted by molar-refractivity contribution is 0.281. The first-order valence-electron chi connectivity index (χ1n) is 7.96. The predicted octanol–water partition coefficient (Wildman–Crippen LogP) is 3.13. The summed E-state index contributed by atoms with van der Waals surface area (Å²) in [7, 11) is 3.78. The van der Waals surface area contributed by atoms with Crippen molar-refractivity contribution in [2.24, 2.45) is 4.99 Å². The molecule has 6 nitrogen and oxygen atoms in total. The number of likely N-dealkylation sites (N-methyl/N-ethyl adjacent to an activating group) is 1. The summed E-state index contributed by atoms with van der Waals surface area (Å²) in [5, 5.41) is 8.24. The quantitative estimate of drug-likeness (QED) is 0.275. The molecule has 1 N–H and O–H groups in total. The van der Waals surface area contributed by atoms with Crippen molar-refractivity contribution in [2.45, 2.75) is 13.0 Å². The van der Waals surface area contributed by atoms with Crippen molar-refractivity contribution in [1.29, 1.82) is 0 Å². The zero-order chi connectivity index (χ0) is 17.2. The molecular weight excluding hydrogens is 453 g/mol. The average Bonchev–Trinajstić information content (AvgIpc) is 3.10. The van der Waals surface area contributed by atoms with E-state index in [4.69, 9.17) is 16.3 Å². The molecule has 2 rings (SSSR count). The van der Waals surface area contributed by atoms with Crippen LogP contribution in [0, 0.1) is 0 Å². The minimum absolute atomic E-state index is 0. The van der Waals surface area contributed by atoms with Gasteiger partial charge in [0, 0.05) is 44.6 Å². The van der Waals surface area contributed by atoms with E-state index in [-0.39, 0.29) is 24.0 Å². The fraction of sp³-hybridized carbons (Fsp3) is 0.412. The number of ether oxygens (including phenoxy) is 1. The van der Waals surface area contributed by atoms with Gasteiger partial charge >= 0.3 is 0 Å². The summed E-state index contributed by atoms with van der Waals surface area (Å²) in [4.78, 5) is 6.34. The summed E-state index contributed by atoms with van der Waals surface area (Å²) >= 11 is 5.86. The number of guanidine groups is 1. The number of rotatable bonds is 8. The summed E-state index contributed by atoms with van der Waals surface area (Å²) in [6.45, 7) is 3.04. The minimum atomic E-state index is 0. The zero-order valence-corrected chi connectivity index (χ0v) is 17.6. The molecule has 0 unspecified atom stereocenters. The number of aryl methyl sites for hydroxylation is 1. The highest BCUT2D eigenvalue weighted by atomic mass is 127. The van der Waals surface area contributed by atoms with Crippen LogP contribution in [0.4, 0.5) is 0 Å². The van der Waals surface area contributed by atoms with Gasteiger partial charge in [0.1, 0.15) is 12.4 Å². The fourth-order valence-corrected chi connectivity index (χ4v) is 2.32. The maximum absolute atomic E-state index is 5.86. The molecule has 2 aromatic rings. The highest BCUT2D eigenvalue weighted by molar-refractivity contribution is 14.0. The first kappa shape index (κ1) is 21.6. The van der Waals surface area contributed by atoms with Gasteiger partial charge in [-0.15, -0.1) is 24.0 Å². The molecule has 0 saturated heterocycles. The molecule has 25 heavy (non-hydrogen) atoms. The van der Waals surface area contributed by atoms with Crippen molar-refractivity contribution in [3.05, 3.63) is 47.7 Å². The molecule has 0 spiro atoms. The first-order valence-corrected chi connectivity index (χ1v) is 8.34. The molecule has 0 saturated carbocycles. The lowest BCUT2D eigenvalue weighted by atomic mass is 10.3. The second-order valence-electron chi connectivity index (χ2n) is 5.32. The van der Waals surface area contributed by atoms with E-state index in [1.54, 1.807) is 13.2 Å². The Labute approximate surface area is 171 Å². The van der Waals surface area contributed by atoms with E-state index in [1.807, 2.05) is 53.2 Å². The molecule has 1 aromatic heterocycles. The Bertz CT molecular complexity index is 618. The fourth-order valence-electron chi connectivity index (χ4n) is 2.20. The van der Waals surface area contributed by atoms with Crippen LogP contribution in [0.2, 0.25) is 5.02 Å². The van der Waals surface area contributed by atoms with Crippen LogP contribution in [0.1, 0.15) is 6.42 Å². The number of aliphatic imine (C=N–C) groups is 1. The van der Waals surface area contributed by atoms with E-state index < -0.39 is 0 Å². The van der Waals surface area contributed by atoms with Gasteiger partial charge in [0.2, 0.25) is 0 Å². The van der Waals surface area contributed by atoms with Gasteiger partial charge in [0.25, 0.3) is 0 Å². The van der Waals surface area contributed by atoms with Crippen molar-refractivity contribution >= 4 is 41.5 Å². The Hall–Kier alpha value is -1.48. The van der Waals surface area contributed by atoms with E-state index >= 15 is 0 Å². The van der Waals surface area contributed by atoms with E-state index in [2.05, 4.69) is 15.4 Å². The van der Waals surface area contributed by atoms with Gasteiger partial charge in [-0.1, -0.05) is 11.6 Å². The Morgan fingerprint density at radius 2 is 2.12 bits per heavy atom. The van der Waals surface area contributed by atoms with Crippen molar-refractivity contribution in [2.75, 3.05) is 33.8 Å². The van der Waals surface area contributed by atoms with Crippen molar-refractivity contribution < 1.29 is 4.74 Å². The van der Waals surface area contributed by atoms with Crippen LogP contribution in [-0.4, -0.2) is 54.4 Å². The monoisotopic (exact) mass is 477 g/mol. The second-order valence-corrected chi connectivity index (χ2v) is 5.76. The Morgan fingerprint density at radius 3 is 2.76 bits per heavy atom. The number of hydrogen-bond acceptors (Lipinski definition) is 3.